The molecule has 0 radical (unpaired) electrons. The van der Waals surface area contributed by atoms with Crippen molar-refractivity contribution in [2.24, 2.45) is 17.3 Å². The van der Waals surface area contributed by atoms with Gasteiger partial charge in [0, 0.05) is 50.1 Å². The summed E-state index contributed by atoms with van der Waals surface area (Å²) in [6, 6.07) is 13.0. The minimum absolute atomic E-state index is 0.0603. The van der Waals surface area contributed by atoms with Gasteiger partial charge in [0.05, 0.1) is 40.8 Å². The van der Waals surface area contributed by atoms with E-state index in [1.165, 1.54) is 15.4 Å². The molecule has 5 heterocycles. The number of amides is 7. The summed E-state index contributed by atoms with van der Waals surface area (Å²) in [5, 5.41) is 22.1. The Morgan fingerprint density at radius 3 is 2.43 bits per heavy atom. The predicted octanol–water partition coefficient (Wildman–Crippen LogP) is 2.62. The van der Waals surface area contributed by atoms with Crippen molar-refractivity contribution in [2.75, 3.05) is 56.6 Å². The van der Waals surface area contributed by atoms with E-state index in [9.17, 15) is 42.0 Å². The number of thioether (sulfide) groups is 1. The molecule has 2 aromatic rings. The fraction of sp³-hybridized carbons (Fsp3) is 0.612. The summed E-state index contributed by atoms with van der Waals surface area (Å²) in [6.07, 6.45) is 12.2. The number of nitrogens with one attached hydrogen (secondary N) is 7. The van der Waals surface area contributed by atoms with E-state index in [0.717, 1.165) is 94.1 Å². The number of hydrogen-bond donors (Lipinski definition) is 7. The third-order valence-electron chi connectivity index (χ3n) is 15.7. The highest BCUT2D eigenvalue weighted by atomic mass is 32.2. The summed E-state index contributed by atoms with van der Waals surface area (Å²) in [7, 11) is -3.37. The first-order valence-corrected chi connectivity index (χ1v) is 27.7. The fourth-order valence-electron chi connectivity index (χ4n) is 11.7. The number of unbranched alkanes of at least 4 members (excludes halogenated alkanes) is 2. The van der Waals surface area contributed by atoms with Crippen molar-refractivity contribution in [2.45, 2.75) is 119 Å². The summed E-state index contributed by atoms with van der Waals surface area (Å²) >= 11 is 1.67. The maximum absolute atomic E-state index is 13.8. The Balaban J connectivity index is 0.740. The molecule has 7 aliphatic rings. The molecule has 2 saturated carbocycles. The number of piperidine rings is 2. The van der Waals surface area contributed by atoms with Gasteiger partial charge in [-0.2, -0.15) is 0 Å². The molecule has 2 aromatic carbocycles. The molecule has 6 unspecified atom stereocenters. The van der Waals surface area contributed by atoms with E-state index in [1.807, 2.05) is 0 Å². The lowest BCUT2D eigenvalue weighted by atomic mass is 9.75. The second-order valence-electron chi connectivity index (χ2n) is 20.1. The number of imide groups is 2. The van der Waals surface area contributed by atoms with Crippen molar-refractivity contribution in [3.8, 4) is 0 Å². The monoisotopic (exact) mass is 987 g/mol. The summed E-state index contributed by atoms with van der Waals surface area (Å²) in [4.78, 5) is 91.6. The van der Waals surface area contributed by atoms with Crippen LogP contribution in [0.15, 0.2) is 42.5 Å². The minimum Gasteiger partial charge on any atom is -0.384 e. The molecule has 5 aliphatic heterocycles. The van der Waals surface area contributed by atoms with Crippen LogP contribution < -0.4 is 37.2 Å². The number of rotatable bonds is 18. The highest BCUT2D eigenvalue weighted by Gasteiger charge is 2.56. The summed E-state index contributed by atoms with van der Waals surface area (Å²) in [6.45, 7) is 2.18. The number of carbonyl (C=O) groups is 7. The van der Waals surface area contributed by atoms with Crippen LogP contribution in [-0.2, 0) is 39.5 Å². The highest BCUT2D eigenvalue weighted by molar-refractivity contribution is 8.00. The number of fused-ring (bicyclic) bond motifs is 1. The molecular weight excluding hydrogens is 923 g/mol. The van der Waals surface area contributed by atoms with Gasteiger partial charge in [-0.05, 0) is 112 Å². The average molecular weight is 988 g/mol. The van der Waals surface area contributed by atoms with Crippen LogP contribution in [0.2, 0.25) is 0 Å². The van der Waals surface area contributed by atoms with Crippen LogP contribution in [0.3, 0.4) is 0 Å². The van der Waals surface area contributed by atoms with E-state index in [4.69, 9.17) is 0 Å². The second-order valence-corrected chi connectivity index (χ2v) is 23.2. The Kier molecular flexibility index (Phi) is 14.6. The van der Waals surface area contributed by atoms with Gasteiger partial charge in [0.25, 0.3) is 11.8 Å². The van der Waals surface area contributed by atoms with Gasteiger partial charge in [-0.3, -0.25) is 49.1 Å². The van der Waals surface area contributed by atoms with E-state index in [-0.39, 0.29) is 77.8 Å². The molecule has 9 rings (SSSR count). The Labute approximate surface area is 407 Å². The summed E-state index contributed by atoms with van der Waals surface area (Å²) in [5.41, 5.74) is 2.40. The lowest BCUT2D eigenvalue weighted by Gasteiger charge is -2.38. The Morgan fingerprint density at radius 2 is 1.68 bits per heavy atom. The first-order chi connectivity index (χ1) is 33.2. The molecule has 4 saturated heterocycles. The highest BCUT2D eigenvalue weighted by Crippen LogP contribution is 2.53. The molecule has 69 heavy (non-hydrogen) atoms. The van der Waals surface area contributed by atoms with Gasteiger partial charge < -0.3 is 26.6 Å². The third kappa shape index (κ3) is 10.3. The molecule has 0 spiro atoms. The Hall–Kier alpha value is -4.89. The van der Waals surface area contributed by atoms with Gasteiger partial charge in [-0.15, -0.1) is 11.8 Å². The van der Waals surface area contributed by atoms with Crippen LogP contribution in [0.25, 0.3) is 0 Å². The Morgan fingerprint density at radius 1 is 0.899 bits per heavy atom. The van der Waals surface area contributed by atoms with Crippen LogP contribution in [0.4, 0.5) is 5.69 Å². The Bertz CT molecular complexity index is 2480. The molecular formula is C49H65N9O9S2. The molecule has 18 nitrogen and oxygen atoms in total. The first kappa shape index (κ1) is 49.1. The van der Waals surface area contributed by atoms with E-state index in [2.05, 4.69) is 61.5 Å². The van der Waals surface area contributed by atoms with Gasteiger partial charge in [-0.1, -0.05) is 43.2 Å². The van der Waals surface area contributed by atoms with Gasteiger partial charge in [-0.25, -0.2) is 12.7 Å². The fourth-order valence-corrected chi connectivity index (χ4v) is 14.0. The van der Waals surface area contributed by atoms with Crippen molar-refractivity contribution in [1.82, 2.24) is 41.1 Å². The quantitative estimate of drug-likeness (QED) is 0.0841. The normalized spacial score (nSPS) is 28.1. The van der Waals surface area contributed by atoms with Crippen LogP contribution in [-0.4, -0.2) is 128 Å². The lowest BCUT2D eigenvalue weighted by molar-refractivity contribution is -0.136. The zero-order valence-electron chi connectivity index (χ0n) is 39.2. The van der Waals surface area contributed by atoms with Crippen molar-refractivity contribution in [3.63, 3.8) is 0 Å². The van der Waals surface area contributed by atoms with Crippen molar-refractivity contribution in [3.05, 3.63) is 64.7 Å². The van der Waals surface area contributed by atoms with E-state index in [1.54, 1.807) is 30.0 Å². The van der Waals surface area contributed by atoms with E-state index >= 15 is 0 Å². The topological polar surface area (TPSA) is 244 Å². The molecule has 6 atom stereocenters. The number of hydrogen-bond acceptors (Lipinski definition) is 13. The van der Waals surface area contributed by atoms with Crippen molar-refractivity contribution in [1.29, 1.82) is 0 Å². The van der Waals surface area contributed by atoms with Crippen LogP contribution in [0.5, 0.6) is 0 Å². The summed E-state index contributed by atoms with van der Waals surface area (Å²) < 4.78 is 25.1. The maximum atomic E-state index is 13.8. The lowest BCUT2D eigenvalue weighted by Crippen LogP contribution is -2.54. The summed E-state index contributed by atoms with van der Waals surface area (Å²) in [5.74, 6) is -1.65. The van der Waals surface area contributed by atoms with Crippen LogP contribution >= 0.6 is 11.8 Å². The molecule has 0 bridgehead atoms. The molecule has 0 aromatic heterocycles. The molecule has 2 aliphatic carbocycles. The number of carbonyl (C=O) groups excluding carboxylic acids is 7. The molecule has 7 N–H and O–H groups in total. The first-order valence-electron chi connectivity index (χ1n) is 24.8. The van der Waals surface area contributed by atoms with Gasteiger partial charge in [0.1, 0.15) is 11.5 Å². The average Bonchev–Trinajstić information content (AvgIpc) is 3.74. The molecule has 372 valence electrons. The van der Waals surface area contributed by atoms with Gasteiger partial charge in [0.2, 0.25) is 39.6 Å². The minimum atomic E-state index is -3.37. The number of sulfonamides is 1. The molecule has 20 heteroatoms. The largest absolute Gasteiger partial charge is 0.384 e. The number of anilines is 1. The van der Waals surface area contributed by atoms with Crippen molar-refractivity contribution < 1.29 is 42.0 Å². The number of nitrogens with zero attached hydrogens (tertiary/aromatic N) is 2. The third-order valence-corrected chi connectivity index (χ3v) is 18.2. The van der Waals surface area contributed by atoms with Crippen LogP contribution in [0, 0.1) is 17.3 Å². The number of benzene rings is 2. The molecule has 6 fully saturated rings. The van der Waals surface area contributed by atoms with E-state index < -0.39 is 51.0 Å². The van der Waals surface area contributed by atoms with Gasteiger partial charge in [0.15, 0.2) is 0 Å². The molecule has 7 amide bonds. The zero-order valence-corrected chi connectivity index (χ0v) is 40.9. The van der Waals surface area contributed by atoms with Crippen LogP contribution in [0.1, 0.15) is 128 Å². The van der Waals surface area contributed by atoms with Crippen molar-refractivity contribution >= 4 is 68.8 Å². The van der Waals surface area contributed by atoms with E-state index in [0.29, 0.717) is 37.7 Å². The predicted molar refractivity (Wildman–Crippen MR) is 259 cm³/mol. The smallest absolute Gasteiger partial charge is 0.264 e. The standard InChI is InChI=1S/C49H65N9O9S2/c1-69(66,67)57-24-18-32(28-57)42(61)53-27-40(60)55-47-56-49(29-68-47,33-10-3-4-11-33)34-12-7-9-30(25-34)31-17-23-51-38(26-31)48(19-20-48)46(65)52-22-6-2-5-21-50-36-14-8-13-35-41(36)45(64)58(44(35)63)37-15-16-39(59)54-43(37)62/h7-9,12-14,25,31-33,37-38,47,50-51,56H,2-6,10-11,15-24,26-29H2,1H3,(H,52,65)(H,53,61)(H,55,60)(H,54,59,62). The zero-order chi connectivity index (χ0) is 48.5. The maximum Gasteiger partial charge on any atom is 0.264 e. The second kappa shape index (κ2) is 20.4. The SMILES string of the molecule is CS(=O)(=O)N1CCC(C(=O)NCC(=O)NC2NC(c3cccc(C4CCNC(C5(C(=O)NCCCCCNc6cccc7c6C(=O)N(C6CCC(=O)NC6=O)C7=O)CC5)C4)c3)(C3CCCC3)CS2)C1. The van der Waals surface area contributed by atoms with Gasteiger partial charge >= 0.3 is 0 Å².